The Bertz CT molecular complexity index is 653. The van der Waals surface area contributed by atoms with Crippen LogP contribution in [0.5, 0.6) is 0 Å². The van der Waals surface area contributed by atoms with Gasteiger partial charge in [-0.1, -0.05) is 36.4 Å². The van der Waals surface area contributed by atoms with E-state index in [1.54, 1.807) is 13.2 Å². The lowest BCUT2D eigenvalue weighted by Gasteiger charge is -2.04. The minimum Gasteiger partial charge on any atom is -0.289 e. The zero-order chi connectivity index (χ0) is 14.5. The minimum absolute atomic E-state index is 0.134. The molecule has 0 atom stereocenters. The van der Waals surface area contributed by atoms with Gasteiger partial charge in [-0.3, -0.25) is 9.69 Å². The fraction of sp³-hybridized carbons (Fsp3) is 0.133. The number of allylic oxidation sites excluding steroid dienone is 2. The fourth-order valence-electron chi connectivity index (χ4n) is 1.76. The third-order valence-electron chi connectivity index (χ3n) is 2.70. The zero-order valence-corrected chi connectivity index (χ0v) is 12.0. The Morgan fingerprint density at radius 2 is 2.10 bits per heavy atom. The molecule has 1 aliphatic heterocycles. The Labute approximate surface area is 122 Å². The van der Waals surface area contributed by atoms with Crippen molar-refractivity contribution in [3.05, 3.63) is 52.4 Å². The monoisotopic (exact) mass is 283 g/mol. The van der Waals surface area contributed by atoms with Gasteiger partial charge < -0.3 is 0 Å². The molecule has 4 nitrogen and oxygen atoms in total. The lowest BCUT2D eigenvalue weighted by molar-refractivity contribution is -0.121. The Morgan fingerprint density at radius 3 is 2.75 bits per heavy atom. The van der Waals surface area contributed by atoms with Crippen molar-refractivity contribution in [3.8, 4) is 6.19 Å². The summed E-state index contributed by atoms with van der Waals surface area (Å²) in [7, 11) is 1.61. The molecule has 1 aromatic rings. The molecule has 0 aliphatic carbocycles. The van der Waals surface area contributed by atoms with E-state index < -0.39 is 0 Å². The molecular formula is C15H13N3OS. The van der Waals surface area contributed by atoms with Crippen LogP contribution in [0.4, 0.5) is 0 Å². The van der Waals surface area contributed by atoms with E-state index in [2.05, 4.69) is 4.99 Å². The number of amides is 1. The van der Waals surface area contributed by atoms with Crippen LogP contribution in [0.15, 0.2) is 51.9 Å². The fourth-order valence-corrected chi connectivity index (χ4v) is 2.73. The number of benzene rings is 1. The maximum absolute atomic E-state index is 12.0. The molecule has 1 fully saturated rings. The molecule has 1 aliphatic rings. The van der Waals surface area contributed by atoms with E-state index in [9.17, 15) is 4.79 Å². The van der Waals surface area contributed by atoms with Crippen LogP contribution in [-0.2, 0) is 4.79 Å². The highest BCUT2D eigenvalue weighted by Crippen LogP contribution is 2.30. The Kier molecular flexibility index (Phi) is 4.38. The summed E-state index contributed by atoms with van der Waals surface area (Å²) in [6, 6.07) is 9.89. The highest BCUT2D eigenvalue weighted by atomic mass is 32.2. The molecule has 100 valence electrons. The average molecular weight is 283 g/mol. The van der Waals surface area contributed by atoms with Crippen LogP contribution in [0, 0.1) is 11.5 Å². The van der Waals surface area contributed by atoms with Crippen molar-refractivity contribution in [2.75, 3.05) is 7.05 Å². The molecule has 1 amide bonds. The molecule has 0 bridgehead atoms. The van der Waals surface area contributed by atoms with Crippen molar-refractivity contribution in [1.82, 2.24) is 4.90 Å². The maximum Gasteiger partial charge on any atom is 0.266 e. The summed E-state index contributed by atoms with van der Waals surface area (Å²) in [5, 5.41) is 8.99. The van der Waals surface area contributed by atoms with E-state index in [0.29, 0.717) is 10.1 Å². The third kappa shape index (κ3) is 3.16. The quantitative estimate of drug-likeness (QED) is 0.619. The number of likely N-dealkylation sites (N-methyl/N-ethyl adjacent to an activating group) is 1. The van der Waals surface area contributed by atoms with E-state index >= 15 is 0 Å². The van der Waals surface area contributed by atoms with Crippen molar-refractivity contribution in [2.45, 2.75) is 6.92 Å². The van der Waals surface area contributed by atoms with Gasteiger partial charge in [0.05, 0.1) is 4.91 Å². The number of aliphatic imine (C=N–C) groups is 1. The lowest BCUT2D eigenvalue weighted by atomic mass is 10.1. The first-order valence-corrected chi connectivity index (χ1v) is 6.81. The molecule has 0 radical (unpaired) electrons. The van der Waals surface area contributed by atoms with Gasteiger partial charge in [-0.05, 0) is 35.9 Å². The van der Waals surface area contributed by atoms with Crippen molar-refractivity contribution in [3.63, 3.8) is 0 Å². The van der Waals surface area contributed by atoms with Crippen molar-refractivity contribution < 1.29 is 4.79 Å². The number of hydrogen-bond donors (Lipinski definition) is 0. The highest BCUT2D eigenvalue weighted by Gasteiger charge is 2.30. The number of hydrogen-bond acceptors (Lipinski definition) is 4. The predicted octanol–water partition coefficient (Wildman–Crippen LogP) is 3.02. The third-order valence-corrected chi connectivity index (χ3v) is 3.76. The number of amidine groups is 1. The van der Waals surface area contributed by atoms with Crippen LogP contribution in [0.1, 0.15) is 12.5 Å². The predicted molar refractivity (Wildman–Crippen MR) is 81.6 cm³/mol. The van der Waals surface area contributed by atoms with Gasteiger partial charge in [-0.15, -0.1) is 4.99 Å². The van der Waals surface area contributed by atoms with E-state index in [1.807, 2.05) is 49.4 Å². The zero-order valence-electron chi connectivity index (χ0n) is 11.2. The van der Waals surface area contributed by atoms with Crippen molar-refractivity contribution in [1.29, 1.82) is 5.26 Å². The molecule has 5 heteroatoms. The number of thioether (sulfide) groups is 1. The first-order chi connectivity index (χ1) is 9.61. The number of nitrogens with zero attached hydrogens (tertiary/aromatic N) is 3. The van der Waals surface area contributed by atoms with Crippen LogP contribution in [-0.4, -0.2) is 23.0 Å². The summed E-state index contributed by atoms with van der Waals surface area (Å²) < 4.78 is 0. The maximum atomic E-state index is 12.0. The van der Waals surface area contributed by atoms with E-state index in [4.69, 9.17) is 5.26 Å². The second-order valence-electron chi connectivity index (χ2n) is 4.27. The molecule has 1 heterocycles. The van der Waals surface area contributed by atoms with Gasteiger partial charge in [0, 0.05) is 7.05 Å². The van der Waals surface area contributed by atoms with Crippen LogP contribution in [0.25, 0.3) is 6.08 Å². The Balaban J connectivity index is 2.24. The molecule has 0 N–H and O–H groups in total. The Hall–Kier alpha value is -2.32. The first-order valence-electron chi connectivity index (χ1n) is 5.99. The van der Waals surface area contributed by atoms with Crippen molar-refractivity contribution in [2.24, 2.45) is 4.99 Å². The second-order valence-corrected chi connectivity index (χ2v) is 5.28. The molecule has 0 aromatic heterocycles. The van der Waals surface area contributed by atoms with Gasteiger partial charge >= 0.3 is 0 Å². The van der Waals surface area contributed by atoms with Gasteiger partial charge in [0.15, 0.2) is 5.17 Å². The standard InChI is InChI=1S/C15H13N3OS/c1-11(8-12-6-4-3-5-7-12)9-13-14(19)18(2)15(20-13)17-10-16/h3-9H,1-2H3. The number of carbonyl (C=O) groups is 1. The Morgan fingerprint density at radius 1 is 1.40 bits per heavy atom. The van der Waals surface area contributed by atoms with Crippen LogP contribution >= 0.6 is 11.8 Å². The molecule has 0 unspecified atom stereocenters. The van der Waals surface area contributed by atoms with Gasteiger partial charge in [0.2, 0.25) is 6.19 Å². The number of nitriles is 1. The van der Waals surface area contributed by atoms with Gasteiger partial charge in [0.25, 0.3) is 5.91 Å². The molecule has 0 saturated carbocycles. The largest absolute Gasteiger partial charge is 0.289 e. The highest BCUT2D eigenvalue weighted by molar-refractivity contribution is 8.18. The normalized spacial score (nSPS) is 19.8. The van der Waals surface area contributed by atoms with E-state index in [1.165, 1.54) is 16.7 Å². The lowest BCUT2D eigenvalue weighted by Crippen LogP contribution is -2.23. The molecule has 0 spiro atoms. The molecule has 1 saturated heterocycles. The van der Waals surface area contributed by atoms with E-state index in [-0.39, 0.29) is 5.91 Å². The summed E-state index contributed by atoms with van der Waals surface area (Å²) in [4.78, 5) is 17.6. The molecule has 1 aromatic carbocycles. The number of carbonyl (C=O) groups excluding carboxylic acids is 1. The molecule has 20 heavy (non-hydrogen) atoms. The second kappa shape index (κ2) is 6.22. The topological polar surface area (TPSA) is 56.5 Å². The average Bonchev–Trinajstić information content (AvgIpc) is 2.69. The molecule has 2 rings (SSSR count). The van der Waals surface area contributed by atoms with Crippen LogP contribution < -0.4 is 0 Å². The van der Waals surface area contributed by atoms with Gasteiger partial charge in [-0.25, -0.2) is 0 Å². The summed E-state index contributed by atoms with van der Waals surface area (Å²) in [6.07, 6.45) is 5.52. The van der Waals surface area contributed by atoms with Crippen LogP contribution in [0.2, 0.25) is 0 Å². The summed E-state index contributed by atoms with van der Waals surface area (Å²) >= 11 is 1.21. The van der Waals surface area contributed by atoms with E-state index in [0.717, 1.165) is 11.1 Å². The molecular weight excluding hydrogens is 270 g/mol. The number of rotatable bonds is 2. The summed E-state index contributed by atoms with van der Waals surface area (Å²) in [5.74, 6) is -0.134. The summed E-state index contributed by atoms with van der Waals surface area (Å²) in [5.41, 5.74) is 2.05. The smallest absolute Gasteiger partial charge is 0.266 e. The summed E-state index contributed by atoms with van der Waals surface area (Å²) in [6.45, 7) is 1.94. The van der Waals surface area contributed by atoms with Gasteiger partial charge in [0.1, 0.15) is 0 Å². The SMILES string of the molecule is CC(=Cc1ccccc1)C=C1SC(=NC#N)N(C)C1=O. The van der Waals surface area contributed by atoms with Crippen molar-refractivity contribution >= 4 is 28.9 Å². The minimum atomic E-state index is -0.134. The van der Waals surface area contributed by atoms with Crippen LogP contribution in [0.3, 0.4) is 0 Å². The van der Waals surface area contributed by atoms with Gasteiger partial charge in [-0.2, -0.15) is 5.26 Å². The first kappa shape index (κ1) is 14.1.